The number of nitrogens with one attached hydrogen (secondary N) is 1. The van der Waals surface area contributed by atoms with Gasteiger partial charge in [-0.15, -0.1) is 0 Å². The second kappa shape index (κ2) is 13.5. The first-order valence-electron chi connectivity index (χ1n) is 21.7. The fourth-order valence-electron chi connectivity index (χ4n) is 10.3. The summed E-state index contributed by atoms with van der Waals surface area (Å²) in [6.45, 7) is 12.0. The third-order valence-corrected chi connectivity index (χ3v) is 13.7. The summed E-state index contributed by atoms with van der Waals surface area (Å²) in [6, 6.07) is 49.7. The molecule has 59 heavy (non-hydrogen) atoms. The minimum atomic E-state index is 0.0681. The quantitative estimate of drug-likeness (QED) is 0.123. The smallest absolute Gasteiger partial charge is 0.198 e. The Bertz CT molecular complexity index is 3110. The molecule has 0 unspecified atom stereocenters. The lowest BCUT2D eigenvalue weighted by atomic mass is 9.58. The summed E-state index contributed by atoms with van der Waals surface area (Å²) in [7, 11) is 2.43. The Kier molecular flexibility index (Phi) is 8.28. The Morgan fingerprint density at radius 1 is 0.644 bits per heavy atom. The molecular weight excluding hydrogens is 715 g/mol. The molecule has 289 valence electrons. The van der Waals surface area contributed by atoms with E-state index >= 15 is 0 Å². The molecule has 7 aromatic carbocycles. The van der Waals surface area contributed by atoms with Crippen molar-refractivity contribution in [1.29, 1.82) is 0 Å². The number of hydrogen-bond acceptors (Lipinski definition) is 2. The number of anilines is 2. The van der Waals surface area contributed by atoms with Gasteiger partial charge >= 0.3 is 0 Å². The van der Waals surface area contributed by atoms with E-state index in [4.69, 9.17) is 4.42 Å². The highest BCUT2D eigenvalue weighted by atomic mass is 16.3. The summed E-state index contributed by atoms with van der Waals surface area (Å²) in [5.74, 6) is 0. The highest BCUT2D eigenvalue weighted by Gasteiger charge is 2.39. The molecule has 1 aliphatic carbocycles. The summed E-state index contributed by atoms with van der Waals surface area (Å²) in [5.41, 5.74) is 19.5. The molecule has 3 nitrogen and oxygen atoms in total. The van der Waals surface area contributed by atoms with Crippen molar-refractivity contribution in [3.05, 3.63) is 150 Å². The molecule has 0 bridgehead atoms. The van der Waals surface area contributed by atoms with Gasteiger partial charge in [0, 0.05) is 49.7 Å². The zero-order valence-electron chi connectivity index (χ0n) is 34.9. The SMILES string of the molecule is CCCCCc1ccc(Nc2ccccc2-c2cc(-c3ccccc3)c3c4cc5c(cc4n4c3c2[B]c2cc3oc6ccccc6c3cc2-4)C(C)(C)CCC5(C)C)cc1. The van der Waals surface area contributed by atoms with Gasteiger partial charge in [-0.2, -0.15) is 0 Å². The number of para-hydroxylation sites is 2. The van der Waals surface area contributed by atoms with E-state index in [9.17, 15) is 0 Å². The lowest BCUT2D eigenvalue weighted by Gasteiger charge is -2.42. The van der Waals surface area contributed by atoms with Crippen LogP contribution >= 0.6 is 0 Å². The van der Waals surface area contributed by atoms with Gasteiger partial charge in [0.05, 0.1) is 5.52 Å². The first kappa shape index (κ1) is 36.1. The Morgan fingerprint density at radius 2 is 1.37 bits per heavy atom. The highest BCUT2D eigenvalue weighted by Crippen LogP contribution is 2.50. The van der Waals surface area contributed by atoms with Crippen LogP contribution in [0.15, 0.2) is 138 Å². The van der Waals surface area contributed by atoms with Gasteiger partial charge in [0.2, 0.25) is 0 Å². The largest absolute Gasteiger partial charge is 0.456 e. The van der Waals surface area contributed by atoms with Gasteiger partial charge in [-0.3, -0.25) is 0 Å². The molecule has 9 aromatic rings. The lowest BCUT2D eigenvalue weighted by molar-refractivity contribution is 0.332. The van der Waals surface area contributed by atoms with Crippen LogP contribution in [0.2, 0.25) is 0 Å². The molecule has 0 spiro atoms. The molecule has 2 aliphatic rings. The van der Waals surface area contributed by atoms with Gasteiger partial charge in [0.1, 0.15) is 11.2 Å². The number of aryl methyl sites for hydroxylation is 1. The van der Waals surface area contributed by atoms with Gasteiger partial charge < -0.3 is 14.3 Å². The van der Waals surface area contributed by atoms with Gasteiger partial charge in [0.25, 0.3) is 0 Å². The van der Waals surface area contributed by atoms with E-state index in [0.717, 1.165) is 45.2 Å². The summed E-state index contributed by atoms with van der Waals surface area (Å²) >= 11 is 0. The van der Waals surface area contributed by atoms with Crippen LogP contribution in [-0.2, 0) is 17.3 Å². The Hall–Kier alpha value is -6.00. The fourth-order valence-corrected chi connectivity index (χ4v) is 10.3. The number of aromatic nitrogens is 1. The molecule has 0 fully saturated rings. The molecule has 1 aliphatic heterocycles. The van der Waals surface area contributed by atoms with Crippen LogP contribution in [0.3, 0.4) is 0 Å². The monoisotopic (exact) mass is 765 g/mol. The first-order valence-corrected chi connectivity index (χ1v) is 21.7. The van der Waals surface area contributed by atoms with Crippen molar-refractivity contribution < 1.29 is 4.42 Å². The zero-order valence-corrected chi connectivity index (χ0v) is 34.9. The van der Waals surface area contributed by atoms with Gasteiger partial charge in [0.15, 0.2) is 7.28 Å². The van der Waals surface area contributed by atoms with E-state index in [1.807, 2.05) is 0 Å². The number of fused-ring (bicyclic) bond motifs is 9. The molecule has 2 aromatic heterocycles. The van der Waals surface area contributed by atoms with E-state index in [-0.39, 0.29) is 10.8 Å². The van der Waals surface area contributed by atoms with Crippen LogP contribution < -0.4 is 16.2 Å². The summed E-state index contributed by atoms with van der Waals surface area (Å²) in [6.07, 6.45) is 7.21. The van der Waals surface area contributed by atoms with Gasteiger partial charge in [-0.05, 0) is 130 Å². The number of unbranched alkanes of at least 4 members (excludes halogenated alkanes) is 2. The van der Waals surface area contributed by atoms with Crippen LogP contribution in [-0.4, -0.2) is 11.8 Å². The number of hydrogen-bond donors (Lipinski definition) is 1. The van der Waals surface area contributed by atoms with Gasteiger partial charge in [-0.25, -0.2) is 0 Å². The average molecular weight is 766 g/mol. The minimum absolute atomic E-state index is 0.0681. The number of benzene rings is 7. The predicted octanol–water partition coefficient (Wildman–Crippen LogP) is 13.8. The molecule has 3 heterocycles. The van der Waals surface area contributed by atoms with E-state index in [0.29, 0.717) is 0 Å². The maximum Gasteiger partial charge on any atom is 0.198 e. The molecule has 0 saturated carbocycles. The predicted molar refractivity (Wildman–Crippen MR) is 252 cm³/mol. The summed E-state index contributed by atoms with van der Waals surface area (Å²) in [4.78, 5) is 0. The molecule has 1 radical (unpaired) electrons. The maximum absolute atomic E-state index is 6.55. The molecule has 0 amide bonds. The van der Waals surface area contributed by atoms with Crippen molar-refractivity contribution in [2.45, 2.75) is 84.0 Å². The van der Waals surface area contributed by atoms with E-state index < -0.39 is 0 Å². The number of furan rings is 1. The van der Waals surface area contributed by atoms with E-state index in [1.54, 1.807) is 0 Å². The lowest BCUT2D eigenvalue weighted by Crippen LogP contribution is -2.37. The van der Waals surface area contributed by atoms with Crippen molar-refractivity contribution >= 4 is 73.3 Å². The third-order valence-electron chi connectivity index (χ3n) is 13.7. The average Bonchev–Trinajstić information content (AvgIpc) is 3.79. The van der Waals surface area contributed by atoms with E-state index in [1.165, 1.54) is 104 Å². The zero-order chi connectivity index (χ0) is 40.0. The molecule has 1 N–H and O–H groups in total. The molecular formula is C55H50BN2O. The normalized spacial score (nSPS) is 15.1. The van der Waals surface area contributed by atoms with Crippen molar-refractivity contribution in [3.8, 4) is 27.9 Å². The molecule has 0 atom stereocenters. The summed E-state index contributed by atoms with van der Waals surface area (Å²) in [5, 5.41) is 8.79. The minimum Gasteiger partial charge on any atom is -0.456 e. The van der Waals surface area contributed by atoms with Crippen LogP contribution in [0.4, 0.5) is 11.4 Å². The van der Waals surface area contributed by atoms with E-state index in [2.05, 4.69) is 185 Å². The third kappa shape index (κ3) is 5.78. The second-order valence-corrected chi connectivity index (χ2v) is 18.5. The molecule has 11 rings (SSSR count). The number of rotatable bonds is 8. The van der Waals surface area contributed by atoms with Crippen molar-refractivity contribution in [1.82, 2.24) is 4.57 Å². The number of nitrogens with zero attached hydrogens (tertiary/aromatic N) is 1. The van der Waals surface area contributed by atoms with Crippen LogP contribution in [0.5, 0.6) is 0 Å². The molecule has 0 saturated heterocycles. The van der Waals surface area contributed by atoms with Gasteiger partial charge in [-0.1, -0.05) is 132 Å². The van der Waals surface area contributed by atoms with Crippen LogP contribution in [0.1, 0.15) is 83.4 Å². The Morgan fingerprint density at radius 3 is 2.17 bits per heavy atom. The highest BCUT2D eigenvalue weighted by molar-refractivity contribution is 6.74. The van der Waals surface area contributed by atoms with Crippen molar-refractivity contribution in [3.63, 3.8) is 0 Å². The standard InChI is InChI=1S/C55H50BN2O/c1-6-7-9-16-34-23-25-36(26-24-34)57-46-21-14-12-19-37(46)41-29-39(35-17-10-8-11-18-35)51-42-30-43-44(55(4,5)28-27-54(43,2)3)32-47(42)58-48-31-40-38-20-13-15-22-49(38)59-50(40)33-45(48)56-52(41)53(51)58/h8,10-15,17-26,29-33,57H,6-7,9,16,27-28H2,1-5H3. The van der Waals surface area contributed by atoms with Crippen molar-refractivity contribution in [2.75, 3.05) is 5.32 Å². The fraction of sp³-hybridized carbons (Fsp3) is 0.236. The van der Waals surface area contributed by atoms with Crippen LogP contribution in [0, 0.1) is 0 Å². The maximum atomic E-state index is 6.55. The first-order chi connectivity index (χ1) is 28.7. The Balaban J connectivity index is 1.22. The summed E-state index contributed by atoms with van der Waals surface area (Å²) < 4.78 is 9.16. The molecule has 4 heteroatoms. The second-order valence-electron chi connectivity index (χ2n) is 18.5. The topological polar surface area (TPSA) is 30.1 Å². The van der Waals surface area contributed by atoms with Crippen molar-refractivity contribution in [2.24, 2.45) is 0 Å². The Labute approximate surface area is 348 Å². The van der Waals surface area contributed by atoms with Crippen LogP contribution in [0.25, 0.3) is 71.7 Å².